The van der Waals surface area contributed by atoms with E-state index in [9.17, 15) is 4.79 Å². The maximum atomic E-state index is 10.5. The smallest absolute Gasteiger partial charge is 0.328 e. The summed E-state index contributed by atoms with van der Waals surface area (Å²) in [6.45, 7) is 2.13. The second-order valence-corrected chi connectivity index (χ2v) is 5.17. The van der Waals surface area contributed by atoms with Crippen LogP contribution in [0.3, 0.4) is 0 Å². The lowest BCUT2D eigenvalue weighted by Gasteiger charge is -1.91. The molecule has 1 N–H and O–H groups in total. The fourth-order valence-electron chi connectivity index (χ4n) is 1.63. The average Bonchev–Trinajstić information content (AvgIpc) is 2.99. The van der Waals surface area contributed by atoms with E-state index in [1.807, 2.05) is 0 Å². The molecule has 0 aliphatic heterocycles. The van der Waals surface area contributed by atoms with Gasteiger partial charge in [0, 0.05) is 12.0 Å². The number of aliphatic carboxylic acids is 1. The molecule has 0 spiro atoms. The van der Waals surface area contributed by atoms with Crippen molar-refractivity contribution in [2.24, 2.45) is 0 Å². The zero-order valence-electron chi connectivity index (χ0n) is 9.27. The summed E-state index contributed by atoms with van der Waals surface area (Å²) in [5.74, 6) is -0.317. The molecular formula is C12H15NO2S. The number of hydrogen-bond acceptors (Lipinski definition) is 3. The van der Waals surface area contributed by atoms with Crippen LogP contribution < -0.4 is 0 Å². The summed E-state index contributed by atoms with van der Waals surface area (Å²) in [6, 6.07) is 0. The summed E-state index contributed by atoms with van der Waals surface area (Å²) >= 11 is 1.63. The number of rotatable bonds is 5. The van der Waals surface area contributed by atoms with Gasteiger partial charge in [0.05, 0.1) is 15.6 Å². The molecule has 1 saturated carbocycles. The Kier molecular flexibility index (Phi) is 3.39. The largest absolute Gasteiger partial charge is 0.478 e. The summed E-state index contributed by atoms with van der Waals surface area (Å²) in [5, 5.41) is 9.76. The number of carboxylic acids is 1. The van der Waals surface area contributed by atoms with Crippen molar-refractivity contribution in [3.63, 3.8) is 0 Å². The monoisotopic (exact) mass is 237 g/mol. The van der Waals surface area contributed by atoms with Crippen LogP contribution in [0.4, 0.5) is 0 Å². The number of carboxylic acid groups (broad SMARTS) is 1. The van der Waals surface area contributed by atoms with Gasteiger partial charge < -0.3 is 5.11 Å². The molecule has 1 aliphatic rings. The topological polar surface area (TPSA) is 50.2 Å². The SMILES string of the molecule is CCCc1nc(C2CC2)c(/C=C/C(=O)O)s1. The number of aromatic nitrogens is 1. The molecule has 86 valence electrons. The molecule has 1 aliphatic carbocycles. The van der Waals surface area contributed by atoms with Crippen LogP contribution in [0, 0.1) is 0 Å². The Morgan fingerprint density at radius 3 is 2.94 bits per heavy atom. The van der Waals surface area contributed by atoms with E-state index in [0.29, 0.717) is 5.92 Å². The Morgan fingerprint density at radius 1 is 1.62 bits per heavy atom. The van der Waals surface area contributed by atoms with Gasteiger partial charge in [0.1, 0.15) is 0 Å². The minimum Gasteiger partial charge on any atom is -0.478 e. The van der Waals surface area contributed by atoms with Crippen LogP contribution in [-0.2, 0) is 11.2 Å². The molecule has 0 aromatic carbocycles. The van der Waals surface area contributed by atoms with Gasteiger partial charge in [-0.1, -0.05) is 6.92 Å². The van der Waals surface area contributed by atoms with Crippen LogP contribution in [-0.4, -0.2) is 16.1 Å². The molecule has 1 fully saturated rings. The third-order valence-electron chi connectivity index (χ3n) is 2.53. The summed E-state index contributed by atoms with van der Waals surface area (Å²) < 4.78 is 0. The number of hydrogen-bond donors (Lipinski definition) is 1. The van der Waals surface area contributed by atoms with Gasteiger partial charge in [-0.15, -0.1) is 11.3 Å². The maximum Gasteiger partial charge on any atom is 0.328 e. The van der Waals surface area contributed by atoms with Crippen LogP contribution in [0.15, 0.2) is 6.08 Å². The molecule has 4 heteroatoms. The summed E-state index contributed by atoms with van der Waals surface area (Å²) in [6.07, 6.45) is 7.36. The molecule has 0 unspecified atom stereocenters. The van der Waals surface area contributed by atoms with Gasteiger partial charge in [0.25, 0.3) is 0 Å². The number of nitrogens with zero attached hydrogens (tertiary/aromatic N) is 1. The third kappa shape index (κ3) is 2.70. The first-order valence-electron chi connectivity index (χ1n) is 5.61. The standard InChI is InChI=1S/C12H15NO2S/c1-2-3-10-13-12(8-4-5-8)9(16-10)6-7-11(14)15/h6-8H,2-5H2,1H3,(H,14,15)/b7-6+. The average molecular weight is 237 g/mol. The van der Waals surface area contributed by atoms with Gasteiger partial charge in [-0.05, 0) is 31.8 Å². The molecular weight excluding hydrogens is 222 g/mol. The Labute approximate surface area is 98.8 Å². The lowest BCUT2D eigenvalue weighted by atomic mass is 10.2. The molecule has 3 nitrogen and oxygen atoms in total. The van der Waals surface area contributed by atoms with E-state index < -0.39 is 5.97 Å². The quantitative estimate of drug-likeness (QED) is 0.801. The van der Waals surface area contributed by atoms with Gasteiger partial charge in [-0.3, -0.25) is 0 Å². The van der Waals surface area contributed by atoms with Gasteiger partial charge in [0.2, 0.25) is 0 Å². The molecule has 1 aromatic rings. The second-order valence-electron chi connectivity index (χ2n) is 4.05. The van der Waals surface area contributed by atoms with E-state index in [4.69, 9.17) is 5.11 Å². The fourth-order valence-corrected chi connectivity index (χ4v) is 2.78. The van der Waals surface area contributed by atoms with E-state index in [-0.39, 0.29) is 0 Å². The first kappa shape index (κ1) is 11.3. The Bertz CT molecular complexity index is 419. The van der Waals surface area contributed by atoms with Gasteiger partial charge in [-0.25, -0.2) is 9.78 Å². The molecule has 2 rings (SSSR count). The maximum absolute atomic E-state index is 10.5. The Morgan fingerprint density at radius 2 is 2.38 bits per heavy atom. The van der Waals surface area contributed by atoms with E-state index in [1.165, 1.54) is 18.9 Å². The van der Waals surface area contributed by atoms with Crippen molar-refractivity contribution in [1.29, 1.82) is 0 Å². The second kappa shape index (κ2) is 4.78. The van der Waals surface area contributed by atoms with E-state index in [1.54, 1.807) is 17.4 Å². The highest BCUT2D eigenvalue weighted by molar-refractivity contribution is 7.12. The fraction of sp³-hybridized carbons (Fsp3) is 0.500. The first-order valence-corrected chi connectivity index (χ1v) is 6.43. The van der Waals surface area contributed by atoms with Gasteiger partial charge >= 0.3 is 5.97 Å². The van der Waals surface area contributed by atoms with E-state index >= 15 is 0 Å². The molecule has 0 amide bonds. The van der Waals surface area contributed by atoms with Crippen molar-refractivity contribution < 1.29 is 9.90 Å². The third-order valence-corrected chi connectivity index (χ3v) is 3.63. The lowest BCUT2D eigenvalue weighted by Crippen LogP contribution is -1.87. The van der Waals surface area contributed by atoms with E-state index in [2.05, 4.69) is 11.9 Å². The van der Waals surface area contributed by atoms with Crippen LogP contribution in [0.5, 0.6) is 0 Å². The summed E-state index contributed by atoms with van der Waals surface area (Å²) in [4.78, 5) is 16.1. The van der Waals surface area contributed by atoms with Crippen molar-refractivity contribution in [3.8, 4) is 0 Å². The van der Waals surface area contributed by atoms with E-state index in [0.717, 1.165) is 28.4 Å². The number of carbonyl (C=O) groups is 1. The minimum absolute atomic E-state index is 0.579. The Hall–Kier alpha value is -1.16. The lowest BCUT2D eigenvalue weighted by molar-refractivity contribution is -0.131. The zero-order chi connectivity index (χ0) is 11.5. The highest BCUT2D eigenvalue weighted by Gasteiger charge is 2.28. The highest BCUT2D eigenvalue weighted by atomic mass is 32.1. The minimum atomic E-state index is -0.896. The molecule has 0 bridgehead atoms. The van der Waals surface area contributed by atoms with Gasteiger partial charge in [0.15, 0.2) is 0 Å². The first-order chi connectivity index (χ1) is 7.70. The van der Waals surface area contributed by atoms with Crippen molar-refractivity contribution in [1.82, 2.24) is 4.98 Å². The van der Waals surface area contributed by atoms with Crippen molar-refractivity contribution >= 4 is 23.4 Å². The predicted molar refractivity (Wildman–Crippen MR) is 64.8 cm³/mol. The van der Waals surface area contributed by atoms with Crippen molar-refractivity contribution in [2.75, 3.05) is 0 Å². The molecule has 0 saturated heterocycles. The summed E-state index contributed by atoms with van der Waals surface area (Å²) in [5.41, 5.74) is 1.12. The van der Waals surface area contributed by atoms with Crippen LogP contribution in [0.2, 0.25) is 0 Å². The highest BCUT2D eigenvalue weighted by Crippen LogP contribution is 2.43. The molecule has 0 radical (unpaired) electrons. The van der Waals surface area contributed by atoms with Crippen molar-refractivity contribution in [3.05, 3.63) is 21.7 Å². The zero-order valence-corrected chi connectivity index (χ0v) is 10.1. The summed E-state index contributed by atoms with van der Waals surface area (Å²) in [7, 11) is 0. The Balaban J connectivity index is 2.22. The van der Waals surface area contributed by atoms with Crippen LogP contribution in [0.1, 0.15) is 47.7 Å². The van der Waals surface area contributed by atoms with Gasteiger partial charge in [-0.2, -0.15) is 0 Å². The van der Waals surface area contributed by atoms with Crippen molar-refractivity contribution in [2.45, 2.75) is 38.5 Å². The number of thiazole rings is 1. The normalized spacial score (nSPS) is 15.8. The molecule has 0 atom stereocenters. The molecule has 1 heterocycles. The van der Waals surface area contributed by atoms with Crippen LogP contribution >= 0.6 is 11.3 Å². The van der Waals surface area contributed by atoms with Crippen LogP contribution in [0.25, 0.3) is 6.08 Å². The molecule has 1 aromatic heterocycles. The number of aryl methyl sites for hydroxylation is 1. The molecule has 16 heavy (non-hydrogen) atoms. The predicted octanol–water partition coefficient (Wildman–Crippen LogP) is 3.07.